The molecule has 1 atom stereocenters. The second-order valence-corrected chi connectivity index (χ2v) is 7.28. The summed E-state index contributed by atoms with van der Waals surface area (Å²) in [5.74, 6) is 2.92. The Hall–Kier alpha value is -0.0300. The molecule has 0 aromatic carbocycles. The van der Waals surface area contributed by atoms with Gasteiger partial charge >= 0.3 is 6.09 Å². The normalized spacial score (nSPS) is 11.3. The van der Waals surface area contributed by atoms with Gasteiger partial charge < -0.3 is 9.64 Å². The van der Waals surface area contributed by atoms with Crippen LogP contribution in [0.2, 0.25) is 0 Å². The summed E-state index contributed by atoms with van der Waals surface area (Å²) in [4.78, 5) is 12.9. The van der Waals surface area contributed by atoms with Crippen LogP contribution in [0.3, 0.4) is 0 Å². The molecule has 128 valence electrons. The van der Waals surface area contributed by atoms with E-state index in [2.05, 4.69) is 13.8 Å². The molecule has 3 nitrogen and oxygen atoms in total. The second-order valence-electron chi connectivity index (χ2n) is 4.65. The smallest absolute Gasteiger partial charge is 0.409 e. The van der Waals surface area contributed by atoms with Crippen LogP contribution in [0.1, 0.15) is 60.3 Å². The first-order chi connectivity index (χ1) is 10.2. The lowest BCUT2D eigenvalue weighted by Crippen LogP contribution is -2.27. The van der Waals surface area contributed by atoms with Crippen LogP contribution in [-0.4, -0.2) is 42.7 Å². The third-order valence-corrected chi connectivity index (χ3v) is 5.62. The molecule has 0 aliphatic rings. The molecule has 0 radical (unpaired) electrons. The van der Waals surface area contributed by atoms with Crippen LogP contribution in [-0.2, 0) is 4.74 Å². The highest BCUT2D eigenvalue weighted by atomic mass is 33.1. The number of carbonyl (C=O) groups excluding carboxylic acids is 1. The molecule has 1 unspecified atom stereocenters. The zero-order valence-corrected chi connectivity index (χ0v) is 16.4. The molecule has 0 aromatic heterocycles. The van der Waals surface area contributed by atoms with Crippen LogP contribution >= 0.6 is 21.6 Å². The summed E-state index contributed by atoms with van der Waals surface area (Å²) in [6.07, 6.45) is 5.02. The summed E-state index contributed by atoms with van der Waals surface area (Å²) < 4.78 is 5.15. The molecular weight excluding hydrogens is 302 g/mol. The van der Waals surface area contributed by atoms with Crippen LogP contribution < -0.4 is 0 Å². The van der Waals surface area contributed by atoms with E-state index in [0.29, 0.717) is 13.2 Å². The third-order valence-electron chi connectivity index (χ3n) is 3.11. The van der Waals surface area contributed by atoms with Gasteiger partial charge in [0.05, 0.1) is 0 Å². The number of amides is 1. The lowest BCUT2D eigenvalue weighted by atomic mass is 10.0. The molecule has 0 aliphatic carbocycles. The van der Waals surface area contributed by atoms with Gasteiger partial charge in [0.25, 0.3) is 0 Å². The van der Waals surface area contributed by atoms with Gasteiger partial charge in [-0.25, -0.2) is 4.79 Å². The van der Waals surface area contributed by atoms with E-state index < -0.39 is 0 Å². The number of rotatable bonds is 11. The summed E-state index contributed by atoms with van der Waals surface area (Å²) in [6, 6.07) is 0. The molecule has 0 aliphatic heterocycles. The standard InChI is InChI=1S/C14H29NO2S2.C2H6/c1-5-8-9-13(6-2)12-19-18-11-10-17-14(16)15(4)7-3;1-2/h13H,5-12H2,1-4H3;1-2H3. The molecule has 0 saturated heterocycles. The van der Waals surface area contributed by atoms with Gasteiger partial charge in [0.15, 0.2) is 0 Å². The first kappa shape index (κ1) is 23.2. The van der Waals surface area contributed by atoms with Gasteiger partial charge in [-0.2, -0.15) is 0 Å². The molecule has 5 heteroatoms. The number of carbonyl (C=O) groups is 1. The van der Waals surface area contributed by atoms with Gasteiger partial charge in [-0.3, -0.25) is 0 Å². The largest absolute Gasteiger partial charge is 0.449 e. The minimum atomic E-state index is -0.220. The van der Waals surface area contributed by atoms with Crippen LogP contribution in [0.25, 0.3) is 0 Å². The zero-order valence-electron chi connectivity index (χ0n) is 14.8. The van der Waals surface area contributed by atoms with Crippen molar-refractivity contribution in [3.63, 3.8) is 0 Å². The van der Waals surface area contributed by atoms with E-state index in [1.807, 2.05) is 42.4 Å². The minimum absolute atomic E-state index is 0.220. The van der Waals surface area contributed by atoms with Gasteiger partial charge in [0.2, 0.25) is 0 Å². The van der Waals surface area contributed by atoms with Crippen molar-refractivity contribution in [3.05, 3.63) is 0 Å². The zero-order chi connectivity index (χ0) is 16.5. The van der Waals surface area contributed by atoms with E-state index in [9.17, 15) is 4.79 Å². The maximum Gasteiger partial charge on any atom is 0.409 e. The lowest BCUT2D eigenvalue weighted by molar-refractivity contribution is 0.119. The van der Waals surface area contributed by atoms with E-state index in [1.54, 1.807) is 11.9 Å². The molecule has 1 amide bonds. The summed E-state index contributed by atoms with van der Waals surface area (Å²) >= 11 is 0. The van der Waals surface area contributed by atoms with Crippen molar-refractivity contribution in [2.24, 2.45) is 5.92 Å². The van der Waals surface area contributed by atoms with E-state index in [1.165, 1.54) is 31.4 Å². The van der Waals surface area contributed by atoms with Crippen molar-refractivity contribution in [2.45, 2.75) is 60.3 Å². The molecule has 0 bridgehead atoms. The predicted molar refractivity (Wildman–Crippen MR) is 99.2 cm³/mol. The molecule has 0 heterocycles. The maximum absolute atomic E-state index is 11.4. The number of unbranched alkanes of at least 4 members (excludes halogenated alkanes) is 1. The van der Waals surface area contributed by atoms with Crippen LogP contribution in [0.5, 0.6) is 0 Å². The third kappa shape index (κ3) is 14.7. The number of hydrogen-bond donors (Lipinski definition) is 0. The highest BCUT2D eigenvalue weighted by Gasteiger charge is 2.08. The summed E-state index contributed by atoms with van der Waals surface area (Å²) in [7, 11) is 5.48. The molecule has 0 fully saturated rings. The number of hydrogen-bond acceptors (Lipinski definition) is 4. The van der Waals surface area contributed by atoms with Crippen LogP contribution in [0, 0.1) is 5.92 Å². The van der Waals surface area contributed by atoms with Crippen molar-refractivity contribution in [1.82, 2.24) is 4.90 Å². The quantitative estimate of drug-likeness (QED) is 0.357. The molecule has 0 saturated carbocycles. The lowest BCUT2D eigenvalue weighted by Gasteiger charge is -2.15. The second kappa shape index (κ2) is 18.0. The summed E-state index contributed by atoms with van der Waals surface area (Å²) in [5, 5.41) is 0. The Balaban J connectivity index is 0. The number of ether oxygens (including phenoxy) is 1. The van der Waals surface area contributed by atoms with E-state index in [0.717, 1.165) is 11.7 Å². The molecular formula is C16H35NO2S2. The molecule has 0 N–H and O–H groups in total. The average molecular weight is 338 g/mol. The Morgan fingerprint density at radius 2 is 1.86 bits per heavy atom. The molecule has 21 heavy (non-hydrogen) atoms. The van der Waals surface area contributed by atoms with E-state index in [4.69, 9.17) is 4.74 Å². The van der Waals surface area contributed by atoms with Gasteiger partial charge in [-0.05, 0) is 19.3 Å². The van der Waals surface area contributed by atoms with E-state index in [-0.39, 0.29) is 6.09 Å². The Bertz CT molecular complexity index is 228. The summed E-state index contributed by atoms with van der Waals surface area (Å²) in [5.41, 5.74) is 0. The monoisotopic (exact) mass is 337 g/mol. The Labute approximate surface area is 140 Å². The first-order valence-electron chi connectivity index (χ1n) is 8.27. The fraction of sp³-hybridized carbons (Fsp3) is 0.938. The minimum Gasteiger partial charge on any atom is -0.449 e. The molecule has 0 aromatic rings. The average Bonchev–Trinajstić information content (AvgIpc) is 2.54. The first-order valence-corrected chi connectivity index (χ1v) is 10.8. The molecule has 0 spiro atoms. The van der Waals surface area contributed by atoms with Crippen LogP contribution in [0.15, 0.2) is 0 Å². The van der Waals surface area contributed by atoms with Crippen molar-refractivity contribution in [2.75, 3.05) is 31.7 Å². The van der Waals surface area contributed by atoms with Crippen molar-refractivity contribution in [1.29, 1.82) is 0 Å². The molecule has 0 rings (SSSR count). The van der Waals surface area contributed by atoms with Gasteiger partial charge in [-0.15, -0.1) is 0 Å². The van der Waals surface area contributed by atoms with Gasteiger partial charge in [0, 0.05) is 25.1 Å². The fourth-order valence-electron chi connectivity index (χ4n) is 1.50. The SMILES string of the molecule is CC.CCCCC(CC)CSSCCOC(=O)N(C)CC. The maximum atomic E-state index is 11.4. The van der Waals surface area contributed by atoms with Crippen LogP contribution in [0.4, 0.5) is 4.79 Å². The summed E-state index contributed by atoms with van der Waals surface area (Å²) in [6.45, 7) is 11.7. The van der Waals surface area contributed by atoms with Gasteiger partial charge in [-0.1, -0.05) is 68.5 Å². The van der Waals surface area contributed by atoms with Crippen molar-refractivity contribution < 1.29 is 9.53 Å². The number of nitrogens with zero attached hydrogens (tertiary/aromatic N) is 1. The Kier molecular flexibility index (Phi) is 19.9. The van der Waals surface area contributed by atoms with Crippen molar-refractivity contribution >= 4 is 27.7 Å². The predicted octanol–water partition coefficient (Wildman–Crippen LogP) is 5.70. The Morgan fingerprint density at radius 1 is 1.19 bits per heavy atom. The van der Waals surface area contributed by atoms with Crippen molar-refractivity contribution in [3.8, 4) is 0 Å². The van der Waals surface area contributed by atoms with Gasteiger partial charge in [0.1, 0.15) is 6.61 Å². The highest BCUT2D eigenvalue weighted by Crippen LogP contribution is 2.27. The topological polar surface area (TPSA) is 29.5 Å². The van der Waals surface area contributed by atoms with E-state index >= 15 is 0 Å². The highest BCUT2D eigenvalue weighted by molar-refractivity contribution is 8.76. The Morgan fingerprint density at radius 3 is 2.38 bits per heavy atom. The fourth-order valence-corrected chi connectivity index (χ4v) is 3.89.